The van der Waals surface area contributed by atoms with Gasteiger partial charge in [-0.2, -0.15) is 0 Å². The van der Waals surface area contributed by atoms with E-state index < -0.39 is 0 Å². The maximum atomic E-state index is 6.65. The first-order valence-corrected chi connectivity index (χ1v) is 9.50. The van der Waals surface area contributed by atoms with Gasteiger partial charge in [0.2, 0.25) is 0 Å². The summed E-state index contributed by atoms with van der Waals surface area (Å²) in [6.07, 6.45) is 11.8. The van der Waals surface area contributed by atoms with E-state index in [-0.39, 0.29) is 5.41 Å². The predicted octanol–water partition coefficient (Wildman–Crippen LogP) is 5.60. The first-order chi connectivity index (χ1) is 10.7. The predicted molar refractivity (Wildman–Crippen MR) is 97.2 cm³/mol. The number of rotatable bonds is 9. The van der Waals surface area contributed by atoms with E-state index in [9.17, 15) is 0 Å². The first-order valence-electron chi connectivity index (χ1n) is 9.50. The molecule has 0 radical (unpaired) electrons. The number of benzene rings is 1. The third-order valence-corrected chi connectivity index (χ3v) is 6.08. The Morgan fingerprint density at radius 2 is 1.77 bits per heavy atom. The molecule has 0 fully saturated rings. The molecule has 0 spiro atoms. The van der Waals surface area contributed by atoms with E-state index in [0.29, 0.717) is 12.0 Å². The van der Waals surface area contributed by atoms with Gasteiger partial charge in [0, 0.05) is 11.5 Å². The van der Waals surface area contributed by atoms with Gasteiger partial charge in [0.25, 0.3) is 0 Å². The topological polar surface area (TPSA) is 26.0 Å². The fourth-order valence-corrected chi connectivity index (χ4v) is 4.69. The van der Waals surface area contributed by atoms with Crippen LogP contribution in [0.2, 0.25) is 0 Å². The van der Waals surface area contributed by atoms with Crippen molar-refractivity contribution in [3.05, 3.63) is 35.4 Å². The molecular formula is C21H35N. The van der Waals surface area contributed by atoms with Crippen LogP contribution in [0.5, 0.6) is 0 Å². The van der Waals surface area contributed by atoms with Gasteiger partial charge in [0.05, 0.1) is 0 Å². The molecule has 2 N–H and O–H groups in total. The lowest BCUT2D eigenvalue weighted by molar-refractivity contribution is 0.224. The molecule has 1 aromatic rings. The zero-order chi connectivity index (χ0) is 16.0. The Labute approximate surface area is 137 Å². The normalized spacial score (nSPS) is 25.2. The zero-order valence-electron chi connectivity index (χ0n) is 14.9. The summed E-state index contributed by atoms with van der Waals surface area (Å²) in [5.74, 6) is 0.683. The van der Waals surface area contributed by atoms with Gasteiger partial charge in [0.15, 0.2) is 0 Å². The van der Waals surface area contributed by atoms with Crippen LogP contribution in [0.3, 0.4) is 0 Å². The Morgan fingerprint density at radius 3 is 2.50 bits per heavy atom. The molecule has 22 heavy (non-hydrogen) atoms. The average molecular weight is 302 g/mol. The molecule has 1 heteroatoms. The van der Waals surface area contributed by atoms with Crippen LogP contribution in [0.15, 0.2) is 24.3 Å². The standard InChI is InChI=1S/C21H35N/c1-4-6-7-8-9-10-13-17(3)21(5-2)19-15-12-11-14-18(19)16-20(21)22/h11-12,14-15,17,20H,4-10,13,16,22H2,1-3H3. The van der Waals surface area contributed by atoms with Crippen LogP contribution in [-0.2, 0) is 11.8 Å². The minimum atomic E-state index is 0.208. The van der Waals surface area contributed by atoms with Crippen molar-refractivity contribution < 1.29 is 0 Å². The average Bonchev–Trinajstić information content (AvgIpc) is 2.82. The van der Waals surface area contributed by atoms with E-state index in [0.717, 1.165) is 6.42 Å². The molecule has 124 valence electrons. The second-order valence-electron chi connectivity index (χ2n) is 7.32. The quantitative estimate of drug-likeness (QED) is 0.590. The maximum absolute atomic E-state index is 6.65. The Morgan fingerprint density at radius 1 is 1.09 bits per heavy atom. The van der Waals surface area contributed by atoms with Crippen LogP contribution in [0.25, 0.3) is 0 Å². The molecule has 0 aliphatic heterocycles. The monoisotopic (exact) mass is 301 g/mol. The minimum Gasteiger partial charge on any atom is -0.327 e. The molecule has 1 nitrogen and oxygen atoms in total. The molecule has 0 heterocycles. The molecule has 1 aromatic carbocycles. The summed E-state index contributed by atoms with van der Waals surface area (Å²) in [5, 5.41) is 0. The highest BCUT2D eigenvalue weighted by Gasteiger charge is 2.46. The smallest absolute Gasteiger partial charge is 0.0180 e. The van der Waals surface area contributed by atoms with Crippen molar-refractivity contribution in [2.45, 2.75) is 90.0 Å². The number of unbranched alkanes of at least 4 members (excludes halogenated alkanes) is 5. The highest BCUT2D eigenvalue weighted by atomic mass is 14.7. The van der Waals surface area contributed by atoms with Crippen LogP contribution < -0.4 is 5.73 Å². The lowest BCUT2D eigenvalue weighted by Gasteiger charge is -2.40. The molecule has 1 aliphatic carbocycles. The summed E-state index contributed by atoms with van der Waals surface area (Å²) < 4.78 is 0. The summed E-state index contributed by atoms with van der Waals surface area (Å²) in [4.78, 5) is 0. The highest BCUT2D eigenvalue weighted by molar-refractivity contribution is 5.43. The van der Waals surface area contributed by atoms with E-state index in [1.165, 1.54) is 56.9 Å². The maximum Gasteiger partial charge on any atom is 0.0180 e. The summed E-state index contributed by atoms with van der Waals surface area (Å²) in [6.45, 7) is 7.06. The van der Waals surface area contributed by atoms with Crippen molar-refractivity contribution in [2.75, 3.05) is 0 Å². The third kappa shape index (κ3) is 3.40. The lowest BCUT2D eigenvalue weighted by Crippen LogP contribution is -2.46. The number of hydrogen-bond acceptors (Lipinski definition) is 1. The fraction of sp³-hybridized carbons (Fsp3) is 0.714. The van der Waals surface area contributed by atoms with Gasteiger partial charge in [-0.1, -0.05) is 83.6 Å². The van der Waals surface area contributed by atoms with Crippen LogP contribution in [-0.4, -0.2) is 6.04 Å². The van der Waals surface area contributed by atoms with E-state index in [1.807, 2.05) is 0 Å². The van der Waals surface area contributed by atoms with Crippen LogP contribution >= 0.6 is 0 Å². The molecule has 0 bridgehead atoms. The SMILES string of the molecule is CCCCCCCCC(C)C1(CC)c2ccccc2CC1N. The van der Waals surface area contributed by atoms with Gasteiger partial charge in [-0.05, 0) is 36.3 Å². The van der Waals surface area contributed by atoms with Gasteiger partial charge in [-0.25, -0.2) is 0 Å². The molecule has 3 atom stereocenters. The molecule has 2 rings (SSSR count). The Balaban J connectivity index is 1.98. The first kappa shape index (κ1) is 17.5. The van der Waals surface area contributed by atoms with Crippen molar-refractivity contribution in [1.82, 2.24) is 0 Å². The Hall–Kier alpha value is -0.820. The second-order valence-corrected chi connectivity index (χ2v) is 7.32. The van der Waals surface area contributed by atoms with Gasteiger partial charge in [0.1, 0.15) is 0 Å². The Kier molecular flexibility index (Phi) is 6.50. The zero-order valence-corrected chi connectivity index (χ0v) is 14.9. The van der Waals surface area contributed by atoms with Crippen molar-refractivity contribution in [3.8, 4) is 0 Å². The van der Waals surface area contributed by atoms with Crippen LogP contribution in [0, 0.1) is 5.92 Å². The summed E-state index contributed by atoms with van der Waals surface area (Å²) in [5.41, 5.74) is 9.89. The van der Waals surface area contributed by atoms with Crippen LogP contribution in [0.1, 0.15) is 83.3 Å². The summed E-state index contributed by atoms with van der Waals surface area (Å²) in [7, 11) is 0. The summed E-state index contributed by atoms with van der Waals surface area (Å²) in [6, 6.07) is 9.27. The van der Waals surface area contributed by atoms with Crippen molar-refractivity contribution in [1.29, 1.82) is 0 Å². The van der Waals surface area contributed by atoms with Crippen LogP contribution in [0.4, 0.5) is 0 Å². The fourth-order valence-electron chi connectivity index (χ4n) is 4.69. The third-order valence-electron chi connectivity index (χ3n) is 6.08. The van der Waals surface area contributed by atoms with E-state index >= 15 is 0 Å². The molecule has 1 aliphatic rings. The number of fused-ring (bicyclic) bond motifs is 1. The van der Waals surface area contributed by atoms with Crippen molar-refractivity contribution in [2.24, 2.45) is 11.7 Å². The number of hydrogen-bond donors (Lipinski definition) is 1. The molecule has 3 unspecified atom stereocenters. The van der Waals surface area contributed by atoms with Gasteiger partial charge in [-0.3, -0.25) is 0 Å². The van der Waals surface area contributed by atoms with E-state index in [4.69, 9.17) is 5.73 Å². The summed E-state index contributed by atoms with van der Waals surface area (Å²) >= 11 is 0. The molecule has 0 aromatic heterocycles. The molecule has 0 saturated carbocycles. The van der Waals surface area contributed by atoms with Crippen molar-refractivity contribution >= 4 is 0 Å². The largest absolute Gasteiger partial charge is 0.327 e. The molecular weight excluding hydrogens is 266 g/mol. The van der Waals surface area contributed by atoms with Gasteiger partial charge < -0.3 is 5.73 Å². The van der Waals surface area contributed by atoms with Gasteiger partial charge in [-0.15, -0.1) is 0 Å². The molecule has 0 saturated heterocycles. The highest BCUT2D eigenvalue weighted by Crippen LogP contribution is 2.47. The van der Waals surface area contributed by atoms with Gasteiger partial charge >= 0.3 is 0 Å². The second kappa shape index (κ2) is 8.15. The lowest BCUT2D eigenvalue weighted by atomic mass is 9.66. The van der Waals surface area contributed by atoms with Crippen molar-refractivity contribution in [3.63, 3.8) is 0 Å². The minimum absolute atomic E-state index is 0.208. The molecule has 0 amide bonds. The van der Waals surface area contributed by atoms with E-state index in [2.05, 4.69) is 45.0 Å². The Bertz CT molecular complexity index is 453. The number of nitrogens with two attached hydrogens (primary N) is 1. The van der Waals surface area contributed by atoms with E-state index in [1.54, 1.807) is 5.56 Å².